The molecule has 1 amide bonds. The van der Waals surface area contributed by atoms with Crippen LogP contribution in [-0.4, -0.2) is 37.4 Å². The van der Waals surface area contributed by atoms with Gasteiger partial charge in [0.2, 0.25) is 12.4 Å². The minimum absolute atomic E-state index is 0.525. The van der Waals surface area contributed by atoms with Crippen LogP contribution >= 0.6 is 0 Å². The van der Waals surface area contributed by atoms with Crippen molar-refractivity contribution in [1.29, 1.82) is 0 Å². The molecule has 0 aliphatic heterocycles. The van der Waals surface area contributed by atoms with Gasteiger partial charge < -0.3 is 10.2 Å². The first-order valence-electron chi connectivity index (χ1n) is 3.85. The van der Waals surface area contributed by atoms with Crippen molar-refractivity contribution >= 4 is 12.4 Å². The van der Waals surface area contributed by atoms with Crippen molar-refractivity contribution in [3.8, 4) is 0 Å². The molecule has 0 aliphatic carbocycles. The highest BCUT2D eigenvalue weighted by Gasteiger charge is 2.03. The van der Waals surface area contributed by atoms with E-state index in [1.54, 1.807) is 13.1 Å². The molecule has 12 heavy (non-hydrogen) atoms. The molecule has 4 heteroatoms. The van der Waals surface area contributed by atoms with Gasteiger partial charge in [0.1, 0.15) is 0 Å². The monoisotopic (exact) mass is 169 g/mol. The van der Waals surface area contributed by atoms with Crippen LogP contribution in [0.25, 0.3) is 0 Å². The highest BCUT2D eigenvalue weighted by atomic mass is 16.1. The summed E-state index contributed by atoms with van der Waals surface area (Å²) in [5, 5.41) is 2.84. The van der Waals surface area contributed by atoms with Crippen molar-refractivity contribution in [3.05, 3.63) is 12.7 Å². The Morgan fingerprint density at radius 3 is 2.75 bits per heavy atom. The Balaban J connectivity index is 4.31. The van der Waals surface area contributed by atoms with Gasteiger partial charge in [0, 0.05) is 20.1 Å². The number of nitrogens with one attached hydrogen (secondary N) is 1. The Morgan fingerprint density at radius 1 is 1.75 bits per heavy atom. The van der Waals surface area contributed by atoms with Crippen LogP contribution in [-0.2, 0) is 4.79 Å². The van der Waals surface area contributed by atoms with Gasteiger partial charge in [-0.2, -0.15) is 4.99 Å². The van der Waals surface area contributed by atoms with E-state index in [1.165, 1.54) is 0 Å². The normalized spacial score (nSPS) is 10.7. The van der Waals surface area contributed by atoms with Crippen molar-refractivity contribution in [2.45, 2.75) is 6.92 Å². The van der Waals surface area contributed by atoms with Gasteiger partial charge in [-0.25, -0.2) is 0 Å². The molecular formula is C8H15N3O. The first-order chi connectivity index (χ1) is 5.79. The predicted molar refractivity (Wildman–Crippen MR) is 50.0 cm³/mol. The lowest BCUT2D eigenvalue weighted by Crippen LogP contribution is -2.39. The molecule has 1 N–H and O–H groups in total. The molecular weight excluding hydrogens is 154 g/mol. The van der Waals surface area contributed by atoms with Crippen molar-refractivity contribution in [1.82, 2.24) is 10.2 Å². The topological polar surface area (TPSA) is 44.7 Å². The van der Waals surface area contributed by atoms with E-state index in [-0.39, 0.29) is 0 Å². The van der Waals surface area contributed by atoms with Gasteiger partial charge in [0.05, 0.1) is 0 Å². The zero-order chi connectivity index (χ0) is 9.40. The zero-order valence-corrected chi connectivity index (χ0v) is 7.58. The number of rotatable bonds is 4. The van der Waals surface area contributed by atoms with Crippen LogP contribution in [0.5, 0.6) is 0 Å². The first kappa shape index (κ1) is 10.7. The van der Waals surface area contributed by atoms with Gasteiger partial charge in [-0.05, 0) is 6.92 Å². The molecule has 0 atom stereocenters. The summed E-state index contributed by atoms with van der Waals surface area (Å²) in [5.41, 5.74) is 0. The maximum absolute atomic E-state index is 10.1. The number of amides is 1. The van der Waals surface area contributed by atoms with Gasteiger partial charge in [-0.3, -0.25) is 4.79 Å². The van der Waals surface area contributed by atoms with E-state index in [4.69, 9.17) is 0 Å². The number of carbonyl (C=O) groups is 1. The maximum atomic E-state index is 10.1. The third-order valence-electron chi connectivity index (χ3n) is 1.43. The quantitative estimate of drug-likeness (QED) is 0.283. The van der Waals surface area contributed by atoms with E-state index >= 15 is 0 Å². The second kappa shape index (κ2) is 6.39. The summed E-state index contributed by atoms with van der Waals surface area (Å²) < 4.78 is 0. The fourth-order valence-corrected chi connectivity index (χ4v) is 0.875. The van der Waals surface area contributed by atoms with Crippen LogP contribution in [0.15, 0.2) is 17.6 Å². The van der Waals surface area contributed by atoms with Crippen molar-refractivity contribution in [2.24, 2.45) is 4.99 Å². The molecule has 0 rings (SSSR count). The molecule has 0 unspecified atom stereocenters. The average molecular weight is 169 g/mol. The Bertz CT molecular complexity index is 177. The SMILES string of the molecule is C=CCN(CC)/C(=N/C=O)NC. The van der Waals surface area contributed by atoms with Crippen LogP contribution < -0.4 is 5.32 Å². The fourth-order valence-electron chi connectivity index (χ4n) is 0.875. The zero-order valence-electron chi connectivity index (χ0n) is 7.58. The molecule has 68 valence electrons. The minimum Gasteiger partial charge on any atom is -0.359 e. The molecule has 0 aromatic carbocycles. The van der Waals surface area contributed by atoms with E-state index in [9.17, 15) is 4.79 Å². The number of hydrogen-bond acceptors (Lipinski definition) is 1. The average Bonchev–Trinajstić information content (AvgIpc) is 2.11. The van der Waals surface area contributed by atoms with Gasteiger partial charge in [-0.15, -0.1) is 6.58 Å². The Labute approximate surface area is 73.0 Å². The van der Waals surface area contributed by atoms with Crippen molar-refractivity contribution in [2.75, 3.05) is 20.1 Å². The second-order valence-corrected chi connectivity index (χ2v) is 2.14. The standard InChI is InChI=1S/C8H15N3O/c1-4-6-11(5-2)8(9-3)10-7-12/h4,7H,1,5-6H2,2-3H3,(H,9,10,12). The molecule has 0 spiro atoms. The molecule has 0 bridgehead atoms. The van der Waals surface area contributed by atoms with E-state index in [0.717, 1.165) is 6.54 Å². The molecule has 0 fully saturated rings. The number of aliphatic imine (C=N–C) groups is 1. The number of hydrogen-bond donors (Lipinski definition) is 1. The highest BCUT2D eigenvalue weighted by molar-refractivity contribution is 5.85. The molecule has 4 nitrogen and oxygen atoms in total. The molecule has 0 saturated carbocycles. The molecule has 0 aromatic heterocycles. The summed E-state index contributed by atoms with van der Waals surface area (Å²) in [6.07, 6.45) is 2.29. The predicted octanol–water partition coefficient (Wildman–Crippen LogP) is 0.226. The van der Waals surface area contributed by atoms with Crippen LogP contribution in [0.3, 0.4) is 0 Å². The van der Waals surface area contributed by atoms with E-state index < -0.39 is 0 Å². The van der Waals surface area contributed by atoms with Crippen molar-refractivity contribution in [3.63, 3.8) is 0 Å². The first-order valence-corrected chi connectivity index (χ1v) is 3.85. The Hall–Kier alpha value is -1.32. The van der Waals surface area contributed by atoms with Crippen LogP contribution in [0.1, 0.15) is 6.92 Å². The van der Waals surface area contributed by atoms with Gasteiger partial charge in [0.15, 0.2) is 0 Å². The Kier molecular flexibility index (Phi) is 5.69. The number of carbonyl (C=O) groups excluding carboxylic acids is 1. The lowest BCUT2D eigenvalue weighted by molar-refractivity contribution is -0.106. The smallest absolute Gasteiger partial charge is 0.236 e. The summed E-state index contributed by atoms with van der Waals surface area (Å²) in [7, 11) is 1.73. The van der Waals surface area contributed by atoms with Gasteiger partial charge in [0.25, 0.3) is 0 Å². The van der Waals surface area contributed by atoms with E-state index in [1.807, 2.05) is 11.8 Å². The fraction of sp³-hybridized carbons (Fsp3) is 0.500. The highest BCUT2D eigenvalue weighted by Crippen LogP contribution is 1.88. The minimum atomic E-state index is 0.525. The Morgan fingerprint density at radius 2 is 2.42 bits per heavy atom. The second-order valence-electron chi connectivity index (χ2n) is 2.14. The lowest BCUT2D eigenvalue weighted by atomic mass is 10.5. The van der Waals surface area contributed by atoms with E-state index in [0.29, 0.717) is 18.9 Å². The largest absolute Gasteiger partial charge is 0.359 e. The summed E-state index contributed by atoms with van der Waals surface area (Å²) in [6, 6.07) is 0. The van der Waals surface area contributed by atoms with Gasteiger partial charge >= 0.3 is 0 Å². The third-order valence-corrected chi connectivity index (χ3v) is 1.43. The summed E-state index contributed by atoms with van der Waals surface area (Å²) in [6.45, 7) is 7.08. The van der Waals surface area contributed by atoms with Gasteiger partial charge in [-0.1, -0.05) is 6.08 Å². The molecule has 0 aromatic rings. The van der Waals surface area contributed by atoms with E-state index in [2.05, 4.69) is 16.9 Å². The van der Waals surface area contributed by atoms with Crippen LogP contribution in [0.4, 0.5) is 0 Å². The number of nitrogens with zero attached hydrogens (tertiary/aromatic N) is 2. The summed E-state index contributed by atoms with van der Waals surface area (Å²) in [5.74, 6) is 0.576. The number of guanidine groups is 1. The molecule has 0 heterocycles. The lowest BCUT2D eigenvalue weighted by Gasteiger charge is -2.21. The maximum Gasteiger partial charge on any atom is 0.236 e. The summed E-state index contributed by atoms with van der Waals surface area (Å²) in [4.78, 5) is 15.7. The summed E-state index contributed by atoms with van der Waals surface area (Å²) >= 11 is 0. The molecule has 0 radical (unpaired) electrons. The third kappa shape index (κ3) is 3.18. The molecule has 0 aliphatic rings. The molecule has 0 saturated heterocycles. The van der Waals surface area contributed by atoms with Crippen molar-refractivity contribution < 1.29 is 4.79 Å². The van der Waals surface area contributed by atoms with Crippen LogP contribution in [0.2, 0.25) is 0 Å². The van der Waals surface area contributed by atoms with Crippen LogP contribution in [0, 0.1) is 0 Å². The number of likely N-dealkylation sites (N-methyl/N-ethyl adjacent to an activating group) is 1.